The van der Waals surface area contributed by atoms with Crippen LogP contribution in [0.5, 0.6) is 0 Å². The summed E-state index contributed by atoms with van der Waals surface area (Å²) in [5.74, 6) is 0.0426. The Balaban J connectivity index is 1.68. The third-order valence-corrected chi connectivity index (χ3v) is 5.86. The summed E-state index contributed by atoms with van der Waals surface area (Å²) in [5, 5.41) is 11.2. The Morgan fingerprint density at radius 2 is 1.96 bits per heavy atom. The van der Waals surface area contributed by atoms with E-state index in [0.29, 0.717) is 11.6 Å². The third kappa shape index (κ3) is 3.47. The van der Waals surface area contributed by atoms with E-state index in [1.54, 1.807) is 18.2 Å². The Morgan fingerprint density at radius 1 is 1.21 bits per heavy atom. The summed E-state index contributed by atoms with van der Waals surface area (Å²) in [5.41, 5.74) is 5.65. The van der Waals surface area contributed by atoms with Crippen molar-refractivity contribution in [3.8, 4) is 0 Å². The molecule has 0 bridgehead atoms. The highest BCUT2D eigenvalue weighted by atomic mass is 32.2. The van der Waals surface area contributed by atoms with E-state index in [-0.39, 0.29) is 17.6 Å². The minimum absolute atomic E-state index is 0.164. The molecule has 4 rings (SSSR count). The maximum atomic E-state index is 14.0. The summed E-state index contributed by atoms with van der Waals surface area (Å²) < 4.78 is 15.8. The molecular weight excluding hydrogens is 377 g/mol. The van der Waals surface area contributed by atoms with E-state index in [4.69, 9.17) is 0 Å². The van der Waals surface area contributed by atoms with E-state index in [1.165, 1.54) is 17.8 Å². The molecule has 3 aromatic rings. The molecule has 0 fully saturated rings. The molecular formula is C20H20FN5OS. The summed E-state index contributed by atoms with van der Waals surface area (Å²) in [6.45, 7) is 4.02. The Hall–Kier alpha value is -2.87. The van der Waals surface area contributed by atoms with Gasteiger partial charge in [0.15, 0.2) is 5.82 Å². The number of aromatic nitrogens is 3. The summed E-state index contributed by atoms with van der Waals surface area (Å²) in [6, 6.07) is 13.8. The lowest BCUT2D eigenvalue weighted by Gasteiger charge is -2.33. The van der Waals surface area contributed by atoms with Crippen LogP contribution in [-0.4, -0.2) is 26.0 Å². The quantitative estimate of drug-likeness (QED) is 0.703. The van der Waals surface area contributed by atoms with Crippen LogP contribution in [0.4, 0.5) is 10.1 Å². The molecule has 28 heavy (non-hydrogen) atoms. The first-order valence-electron chi connectivity index (χ1n) is 9.06. The van der Waals surface area contributed by atoms with Crippen LogP contribution < -0.4 is 10.7 Å². The van der Waals surface area contributed by atoms with Gasteiger partial charge in [0.1, 0.15) is 11.1 Å². The van der Waals surface area contributed by atoms with Gasteiger partial charge in [-0.3, -0.25) is 4.79 Å². The monoisotopic (exact) mass is 397 g/mol. The fourth-order valence-electron chi connectivity index (χ4n) is 3.12. The molecule has 2 atom stereocenters. The first-order chi connectivity index (χ1) is 13.6. The van der Waals surface area contributed by atoms with Crippen LogP contribution in [0.3, 0.4) is 0 Å². The average molecular weight is 397 g/mol. The molecule has 2 heterocycles. The van der Waals surface area contributed by atoms with E-state index in [9.17, 15) is 9.18 Å². The van der Waals surface area contributed by atoms with Gasteiger partial charge in [-0.15, -0.1) is 10.2 Å². The van der Waals surface area contributed by atoms with Crippen LogP contribution in [0.2, 0.25) is 0 Å². The molecule has 8 heteroatoms. The minimum Gasteiger partial charge on any atom is -0.323 e. The lowest BCUT2D eigenvalue weighted by atomic mass is 10.0. The third-order valence-electron chi connectivity index (χ3n) is 4.65. The van der Waals surface area contributed by atoms with Crippen molar-refractivity contribution < 1.29 is 9.18 Å². The van der Waals surface area contributed by atoms with Crippen LogP contribution in [0.25, 0.3) is 0 Å². The van der Waals surface area contributed by atoms with Gasteiger partial charge in [-0.1, -0.05) is 60.6 Å². The first-order valence-corrected chi connectivity index (χ1v) is 9.94. The van der Waals surface area contributed by atoms with Gasteiger partial charge in [-0.2, -0.15) is 0 Å². The number of carbonyl (C=O) groups is 1. The Morgan fingerprint density at radius 3 is 2.68 bits per heavy atom. The van der Waals surface area contributed by atoms with Crippen molar-refractivity contribution in [2.24, 2.45) is 0 Å². The zero-order chi connectivity index (χ0) is 19.7. The summed E-state index contributed by atoms with van der Waals surface area (Å²) in [6.07, 6.45) is 0.716. The van der Waals surface area contributed by atoms with Gasteiger partial charge in [-0.25, -0.2) is 9.07 Å². The van der Waals surface area contributed by atoms with Crippen LogP contribution in [-0.2, 0) is 11.2 Å². The van der Waals surface area contributed by atoms with Crippen LogP contribution in [0.15, 0.2) is 53.7 Å². The molecule has 1 aliphatic rings. The van der Waals surface area contributed by atoms with Crippen molar-refractivity contribution in [2.45, 2.75) is 36.7 Å². The second kappa shape index (κ2) is 7.63. The number of benzene rings is 2. The van der Waals surface area contributed by atoms with Gasteiger partial charge in [-0.05, 0) is 24.6 Å². The maximum Gasteiger partial charge on any atom is 0.240 e. The summed E-state index contributed by atoms with van der Waals surface area (Å²) in [7, 11) is 0. The molecule has 0 unspecified atom stereocenters. The van der Waals surface area contributed by atoms with Crippen molar-refractivity contribution in [3.05, 3.63) is 71.3 Å². The fraction of sp³-hybridized carbons (Fsp3) is 0.250. The van der Waals surface area contributed by atoms with Gasteiger partial charge in [0.2, 0.25) is 11.1 Å². The van der Waals surface area contributed by atoms with Crippen molar-refractivity contribution in [2.75, 3.05) is 10.7 Å². The number of nitrogens with one attached hydrogen (secondary N) is 2. The average Bonchev–Trinajstić information content (AvgIpc) is 3.11. The number of rotatable bonds is 4. The number of nitrogens with zero attached hydrogens (tertiary/aromatic N) is 3. The standard InChI is InChI=1S/C20H20FN5OS/c1-3-16-23-24-20-26(16)25-17(13-10-8-12(2)9-11-13)18(28-20)19(27)22-15-7-5-4-6-14(15)21/h4-11,17-18,25H,3H2,1-2H3,(H,22,27)/t17-,18+/m0/s1. The number of halogens is 1. The molecule has 2 aromatic carbocycles. The van der Waals surface area contributed by atoms with Gasteiger partial charge >= 0.3 is 0 Å². The van der Waals surface area contributed by atoms with Crippen molar-refractivity contribution in [1.29, 1.82) is 0 Å². The number of hydrogen-bond acceptors (Lipinski definition) is 5. The first kappa shape index (κ1) is 18.5. The van der Waals surface area contributed by atoms with Crippen LogP contribution in [0.1, 0.15) is 29.9 Å². The fourth-order valence-corrected chi connectivity index (χ4v) is 4.22. The molecule has 0 saturated heterocycles. The molecule has 1 aliphatic heterocycles. The lowest BCUT2D eigenvalue weighted by molar-refractivity contribution is -0.116. The lowest BCUT2D eigenvalue weighted by Crippen LogP contribution is -2.41. The largest absolute Gasteiger partial charge is 0.323 e. The molecule has 144 valence electrons. The number of fused-ring (bicyclic) bond motifs is 1. The smallest absolute Gasteiger partial charge is 0.240 e. The number of aryl methyl sites for hydroxylation is 2. The number of thioether (sulfide) groups is 1. The van der Waals surface area contributed by atoms with Gasteiger partial charge in [0, 0.05) is 6.42 Å². The Labute approximate surface area is 166 Å². The van der Waals surface area contributed by atoms with E-state index in [1.807, 2.05) is 42.8 Å². The van der Waals surface area contributed by atoms with Gasteiger partial charge in [0.05, 0.1) is 11.7 Å². The molecule has 6 nitrogen and oxygen atoms in total. The van der Waals surface area contributed by atoms with Crippen molar-refractivity contribution in [1.82, 2.24) is 14.9 Å². The highest BCUT2D eigenvalue weighted by Crippen LogP contribution is 2.37. The minimum atomic E-state index is -0.538. The molecule has 0 saturated carbocycles. The zero-order valence-corrected chi connectivity index (χ0v) is 16.3. The number of para-hydroxylation sites is 1. The SMILES string of the molecule is CCc1nnc2n1N[C@@H](c1ccc(C)cc1)[C@H](C(=O)Nc1ccccc1F)S2. The van der Waals surface area contributed by atoms with E-state index < -0.39 is 11.1 Å². The van der Waals surface area contributed by atoms with Crippen molar-refractivity contribution >= 4 is 23.4 Å². The Kier molecular flexibility index (Phi) is 5.04. The molecule has 0 radical (unpaired) electrons. The van der Waals surface area contributed by atoms with Crippen LogP contribution >= 0.6 is 11.8 Å². The topological polar surface area (TPSA) is 71.8 Å². The summed E-state index contributed by atoms with van der Waals surface area (Å²) in [4.78, 5) is 13.1. The normalized spacial score (nSPS) is 18.2. The van der Waals surface area contributed by atoms with Crippen LogP contribution in [0, 0.1) is 12.7 Å². The number of carbonyl (C=O) groups excluding carboxylic acids is 1. The molecule has 1 aromatic heterocycles. The number of hydrogen-bond donors (Lipinski definition) is 2. The molecule has 2 N–H and O–H groups in total. The number of amides is 1. The maximum absolute atomic E-state index is 14.0. The molecule has 1 amide bonds. The van der Waals surface area contributed by atoms with Gasteiger partial charge in [0.25, 0.3) is 0 Å². The van der Waals surface area contributed by atoms with E-state index in [0.717, 1.165) is 17.0 Å². The second-order valence-electron chi connectivity index (χ2n) is 6.61. The molecule has 0 aliphatic carbocycles. The van der Waals surface area contributed by atoms with E-state index >= 15 is 0 Å². The predicted octanol–water partition coefficient (Wildman–Crippen LogP) is 3.69. The molecule has 0 spiro atoms. The van der Waals surface area contributed by atoms with Crippen molar-refractivity contribution in [3.63, 3.8) is 0 Å². The highest BCUT2D eigenvalue weighted by molar-refractivity contribution is 8.00. The number of anilines is 1. The van der Waals surface area contributed by atoms with E-state index in [2.05, 4.69) is 20.9 Å². The predicted molar refractivity (Wildman–Crippen MR) is 107 cm³/mol. The summed E-state index contributed by atoms with van der Waals surface area (Å²) >= 11 is 1.33. The highest BCUT2D eigenvalue weighted by Gasteiger charge is 2.37. The second-order valence-corrected chi connectivity index (χ2v) is 7.72. The Bertz CT molecular complexity index is 1000. The van der Waals surface area contributed by atoms with Gasteiger partial charge < -0.3 is 10.7 Å². The zero-order valence-electron chi connectivity index (χ0n) is 15.5.